The molecule has 1 aliphatic rings. The van der Waals surface area contributed by atoms with E-state index in [0.717, 1.165) is 24.8 Å². The standard InChI is InChI=1S/C25H31NO5/c1-17-9-8-10-18(2)26(17)24(27)19(3)31-25(28)21-13-14-22(23(15-21)29-4)30-16-20-11-6-5-7-12-20/h5-7,11-15,17-19H,8-10,16H2,1-4H3/t17-,18-,19+/m0/s1. The number of carbonyl (C=O) groups excluding carboxylic acids is 2. The fourth-order valence-electron chi connectivity index (χ4n) is 3.99. The van der Waals surface area contributed by atoms with Crippen LogP contribution in [0.2, 0.25) is 0 Å². The summed E-state index contributed by atoms with van der Waals surface area (Å²) in [5.74, 6) is 0.250. The molecule has 0 spiro atoms. The molecular formula is C25H31NO5. The second-order valence-corrected chi connectivity index (χ2v) is 8.06. The molecule has 1 aliphatic heterocycles. The first-order valence-corrected chi connectivity index (χ1v) is 10.8. The Bertz CT molecular complexity index is 888. The lowest BCUT2D eigenvalue weighted by Gasteiger charge is -2.40. The van der Waals surface area contributed by atoms with Crippen LogP contribution in [-0.2, 0) is 16.1 Å². The van der Waals surface area contributed by atoms with Crippen LogP contribution in [0, 0.1) is 0 Å². The van der Waals surface area contributed by atoms with Crippen LogP contribution in [0.1, 0.15) is 56.0 Å². The number of amides is 1. The zero-order valence-corrected chi connectivity index (χ0v) is 18.7. The van der Waals surface area contributed by atoms with E-state index in [1.54, 1.807) is 25.1 Å². The van der Waals surface area contributed by atoms with E-state index in [9.17, 15) is 9.59 Å². The van der Waals surface area contributed by atoms with Gasteiger partial charge in [-0.1, -0.05) is 30.3 Å². The van der Waals surface area contributed by atoms with Crippen molar-refractivity contribution in [2.75, 3.05) is 7.11 Å². The summed E-state index contributed by atoms with van der Waals surface area (Å²) < 4.78 is 16.7. The summed E-state index contributed by atoms with van der Waals surface area (Å²) in [6.45, 7) is 6.10. The highest BCUT2D eigenvalue weighted by Crippen LogP contribution is 2.29. The molecule has 3 rings (SSSR count). The van der Waals surface area contributed by atoms with E-state index in [0.29, 0.717) is 23.7 Å². The van der Waals surface area contributed by atoms with Gasteiger partial charge in [-0.15, -0.1) is 0 Å². The van der Waals surface area contributed by atoms with Crippen molar-refractivity contribution < 1.29 is 23.8 Å². The number of carbonyl (C=O) groups is 2. The Labute approximate surface area is 184 Å². The third-order valence-electron chi connectivity index (χ3n) is 5.72. The van der Waals surface area contributed by atoms with E-state index in [-0.39, 0.29) is 18.0 Å². The van der Waals surface area contributed by atoms with Gasteiger partial charge in [0.2, 0.25) is 0 Å². The average Bonchev–Trinajstić information content (AvgIpc) is 2.77. The summed E-state index contributed by atoms with van der Waals surface area (Å²) in [6, 6.07) is 15.0. The molecule has 0 aromatic heterocycles. The lowest BCUT2D eigenvalue weighted by molar-refractivity contribution is -0.146. The number of esters is 1. The number of hydrogen-bond acceptors (Lipinski definition) is 5. The molecule has 0 aliphatic carbocycles. The Balaban J connectivity index is 1.65. The van der Waals surface area contributed by atoms with Gasteiger partial charge in [0.25, 0.3) is 5.91 Å². The molecule has 1 saturated heterocycles. The van der Waals surface area contributed by atoms with Crippen molar-refractivity contribution >= 4 is 11.9 Å². The van der Waals surface area contributed by atoms with Crippen LogP contribution in [0.5, 0.6) is 11.5 Å². The first kappa shape index (κ1) is 22.7. The number of ether oxygens (including phenoxy) is 3. The molecule has 6 nitrogen and oxygen atoms in total. The summed E-state index contributed by atoms with van der Waals surface area (Å²) in [6.07, 6.45) is 2.20. The maximum absolute atomic E-state index is 12.9. The minimum Gasteiger partial charge on any atom is -0.493 e. The van der Waals surface area contributed by atoms with Crippen LogP contribution >= 0.6 is 0 Å². The van der Waals surface area contributed by atoms with Gasteiger partial charge >= 0.3 is 5.97 Å². The Morgan fingerprint density at radius 1 is 1.03 bits per heavy atom. The summed E-state index contributed by atoms with van der Waals surface area (Å²) in [7, 11) is 1.52. The number of likely N-dealkylation sites (tertiary alicyclic amines) is 1. The van der Waals surface area contributed by atoms with Gasteiger partial charge in [-0.05, 0) is 63.8 Å². The topological polar surface area (TPSA) is 65.1 Å². The van der Waals surface area contributed by atoms with E-state index in [4.69, 9.17) is 14.2 Å². The van der Waals surface area contributed by atoms with Gasteiger partial charge in [-0.2, -0.15) is 0 Å². The maximum atomic E-state index is 12.9. The first-order chi connectivity index (χ1) is 14.9. The summed E-state index contributed by atoms with van der Waals surface area (Å²) in [5.41, 5.74) is 1.34. The second kappa shape index (κ2) is 10.3. The molecule has 0 radical (unpaired) electrons. The summed E-state index contributed by atoms with van der Waals surface area (Å²) >= 11 is 0. The molecule has 0 N–H and O–H groups in total. The second-order valence-electron chi connectivity index (χ2n) is 8.06. The number of benzene rings is 2. The van der Waals surface area contributed by atoms with Crippen molar-refractivity contribution in [3.8, 4) is 11.5 Å². The average molecular weight is 426 g/mol. The monoisotopic (exact) mass is 425 g/mol. The molecule has 2 aromatic rings. The SMILES string of the molecule is COc1cc(C(=O)O[C@H](C)C(=O)N2[C@@H](C)CCC[C@@H]2C)ccc1OCc1ccccc1. The Hall–Kier alpha value is -3.02. The zero-order valence-electron chi connectivity index (χ0n) is 18.7. The van der Waals surface area contributed by atoms with Crippen molar-refractivity contribution in [3.63, 3.8) is 0 Å². The molecule has 1 fully saturated rings. The minimum absolute atomic E-state index is 0.150. The van der Waals surface area contributed by atoms with Crippen molar-refractivity contribution in [1.29, 1.82) is 0 Å². The Morgan fingerprint density at radius 3 is 2.35 bits per heavy atom. The van der Waals surface area contributed by atoms with Gasteiger partial charge < -0.3 is 19.1 Å². The zero-order chi connectivity index (χ0) is 22.4. The third kappa shape index (κ3) is 5.57. The van der Waals surface area contributed by atoms with E-state index in [1.165, 1.54) is 7.11 Å². The van der Waals surface area contributed by atoms with Crippen LogP contribution in [-0.4, -0.2) is 42.1 Å². The van der Waals surface area contributed by atoms with Gasteiger partial charge in [0.15, 0.2) is 17.6 Å². The van der Waals surface area contributed by atoms with Crippen LogP contribution < -0.4 is 9.47 Å². The van der Waals surface area contributed by atoms with Crippen LogP contribution in [0.25, 0.3) is 0 Å². The van der Waals surface area contributed by atoms with Crippen molar-refractivity contribution in [1.82, 2.24) is 4.90 Å². The van der Waals surface area contributed by atoms with Crippen molar-refractivity contribution in [2.24, 2.45) is 0 Å². The number of piperidine rings is 1. The molecular weight excluding hydrogens is 394 g/mol. The Kier molecular flexibility index (Phi) is 7.55. The van der Waals surface area contributed by atoms with Gasteiger partial charge in [0.05, 0.1) is 12.7 Å². The number of rotatable bonds is 7. The van der Waals surface area contributed by atoms with Crippen molar-refractivity contribution in [2.45, 2.75) is 64.8 Å². The van der Waals surface area contributed by atoms with Crippen LogP contribution in [0.15, 0.2) is 48.5 Å². The lowest BCUT2D eigenvalue weighted by atomic mass is 9.97. The van der Waals surface area contributed by atoms with E-state index >= 15 is 0 Å². The molecule has 31 heavy (non-hydrogen) atoms. The third-order valence-corrected chi connectivity index (χ3v) is 5.72. The lowest BCUT2D eigenvalue weighted by Crippen LogP contribution is -2.51. The van der Waals surface area contributed by atoms with Crippen LogP contribution in [0.3, 0.4) is 0 Å². The molecule has 166 valence electrons. The Morgan fingerprint density at radius 2 is 1.71 bits per heavy atom. The quantitative estimate of drug-likeness (QED) is 0.606. The highest BCUT2D eigenvalue weighted by molar-refractivity contribution is 5.93. The summed E-state index contributed by atoms with van der Waals surface area (Å²) in [5, 5.41) is 0. The largest absolute Gasteiger partial charge is 0.493 e. The van der Waals surface area contributed by atoms with E-state index < -0.39 is 12.1 Å². The molecule has 1 amide bonds. The molecule has 2 aromatic carbocycles. The first-order valence-electron chi connectivity index (χ1n) is 10.8. The number of nitrogens with zero attached hydrogens (tertiary/aromatic N) is 1. The normalized spacial score (nSPS) is 19.4. The molecule has 6 heteroatoms. The molecule has 3 atom stereocenters. The predicted octanol–water partition coefficient (Wildman–Crippen LogP) is 4.61. The summed E-state index contributed by atoms with van der Waals surface area (Å²) in [4.78, 5) is 27.4. The molecule has 1 heterocycles. The highest BCUT2D eigenvalue weighted by Gasteiger charge is 2.33. The van der Waals surface area contributed by atoms with Gasteiger partial charge in [-0.3, -0.25) is 4.79 Å². The predicted molar refractivity (Wildman–Crippen MR) is 118 cm³/mol. The molecule has 0 saturated carbocycles. The maximum Gasteiger partial charge on any atom is 0.339 e. The number of methoxy groups -OCH3 is 1. The fraction of sp³-hybridized carbons (Fsp3) is 0.440. The number of hydrogen-bond donors (Lipinski definition) is 0. The minimum atomic E-state index is -0.851. The van der Waals surface area contributed by atoms with Crippen LogP contribution in [0.4, 0.5) is 0 Å². The fourth-order valence-corrected chi connectivity index (χ4v) is 3.99. The van der Waals surface area contributed by atoms with Crippen molar-refractivity contribution in [3.05, 3.63) is 59.7 Å². The smallest absolute Gasteiger partial charge is 0.339 e. The van der Waals surface area contributed by atoms with E-state index in [2.05, 4.69) is 0 Å². The van der Waals surface area contributed by atoms with Gasteiger partial charge in [0, 0.05) is 12.1 Å². The molecule has 0 unspecified atom stereocenters. The highest BCUT2D eigenvalue weighted by atomic mass is 16.5. The van der Waals surface area contributed by atoms with Gasteiger partial charge in [-0.25, -0.2) is 4.79 Å². The van der Waals surface area contributed by atoms with Gasteiger partial charge in [0.1, 0.15) is 6.61 Å². The molecule has 0 bridgehead atoms. The van der Waals surface area contributed by atoms with E-state index in [1.807, 2.05) is 49.1 Å².